The van der Waals surface area contributed by atoms with Crippen LogP contribution < -0.4 is 0 Å². The molecule has 0 N–H and O–H groups in total. The lowest BCUT2D eigenvalue weighted by Gasteiger charge is -2.44. The van der Waals surface area contributed by atoms with Crippen LogP contribution in [0.15, 0.2) is 11.1 Å². The van der Waals surface area contributed by atoms with Gasteiger partial charge < -0.3 is 14.4 Å². The monoisotopic (exact) mass is 347 g/mol. The molecule has 0 aromatic carbocycles. The number of hydrogen-bond donors (Lipinski definition) is 0. The highest BCUT2D eigenvalue weighted by molar-refractivity contribution is 5.27. The minimum Gasteiger partial charge on any atom is -0.350 e. The van der Waals surface area contributed by atoms with Crippen molar-refractivity contribution in [1.29, 1.82) is 0 Å². The quantitative estimate of drug-likeness (QED) is 0.687. The molecule has 0 spiro atoms. The Morgan fingerprint density at radius 2 is 1.88 bits per heavy atom. The van der Waals surface area contributed by atoms with Crippen LogP contribution in [0, 0.1) is 17.3 Å². The molecular weight excluding hydrogens is 310 g/mol. The van der Waals surface area contributed by atoms with Gasteiger partial charge in [0.2, 0.25) is 0 Å². The Labute approximate surface area is 154 Å². The molecule has 25 heavy (non-hydrogen) atoms. The van der Waals surface area contributed by atoms with Gasteiger partial charge in [-0.05, 0) is 69.4 Å². The van der Waals surface area contributed by atoms with Gasteiger partial charge in [-0.15, -0.1) is 0 Å². The van der Waals surface area contributed by atoms with E-state index in [0.29, 0.717) is 17.3 Å². The minimum atomic E-state index is 0.0246. The van der Waals surface area contributed by atoms with Crippen LogP contribution in [-0.4, -0.2) is 43.5 Å². The van der Waals surface area contributed by atoms with Crippen molar-refractivity contribution in [3.8, 4) is 0 Å². The smallest absolute Gasteiger partial charge is 0.161 e. The third kappa shape index (κ3) is 3.84. The van der Waals surface area contributed by atoms with Crippen LogP contribution in [0.1, 0.15) is 72.1 Å². The van der Waals surface area contributed by atoms with Gasteiger partial charge in [0, 0.05) is 12.5 Å². The van der Waals surface area contributed by atoms with E-state index in [-0.39, 0.29) is 12.4 Å². The lowest BCUT2D eigenvalue weighted by Crippen LogP contribution is -2.39. The van der Waals surface area contributed by atoms with Gasteiger partial charge in [-0.2, -0.15) is 0 Å². The van der Waals surface area contributed by atoms with E-state index in [0.717, 1.165) is 13.2 Å². The van der Waals surface area contributed by atoms with Crippen molar-refractivity contribution in [2.45, 2.75) is 84.5 Å². The topological polar surface area (TPSA) is 21.7 Å². The number of hydrogen-bond acceptors (Lipinski definition) is 3. The Hall–Kier alpha value is -0.380. The molecule has 2 aliphatic carbocycles. The molecule has 142 valence electrons. The Kier molecular flexibility index (Phi) is 5.28. The summed E-state index contributed by atoms with van der Waals surface area (Å²) >= 11 is 0. The van der Waals surface area contributed by atoms with Gasteiger partial charge in [-0.1, -0.05) is 38.3 Å². The highest BCUT2D eigenvalue weighted by Crippen LogP contribution is 2.50. The van der Waals surface area contributed by atoms with Crippen molar-refractivity contribution in [2.75, 3.05) is 26.2 Å². The molecule has 2 aliphatic heterocycles. The molecule has 0 radical (unpaired) electrons. The predicted octanol–water partition coefficient (Wildman–Crippen LogP) is 4.77. The number of ether oxygens (including phenoxy) is 2. The van der Waals surface area contributed by atoms with Gasteiger partial charge in [0.05, 0.1) is 12.7 Å². The summed E-state index contributed by atoms with van der Waals surface area (Å²) in [5.74, 6) is 1.23. The van der Waals surface area contributed by atoms with Gasteiger partial charge in [-0.3, -0.25) is 0 Å². The lowest BCUT2D eigenvalue weighted by molar-refractivity contribution is -0.115. The first-order valence-corrected chi connectivity index (χ1v) is 10.7. The molecule has 3 heteroatoms. The number of piperidine rings is 1. The molecule has 0 aromatic heterocycles. The first-order chi connectivity index (χ1) is 12.0. The molecule has 0 aromatic rings. The van der Waals surface area contributed by atoms with Gasteiger partial charge in [-0.25, -0.2) is 0 Å². The standard InChI is InChI=1S/C22H37NO2/c1-16-12-17-8-7-9-22(2,3)20(17)13-19(16)21-24-15-18(25-21)14-23-10-5-4-6-11-23/h16,18-19,21H,4-15H2,1-3H3/t16-,18-,19-,21+/m0/s1. The van der Waals surface area contributed by atoms with Gasteiger partial charge in [0.15, 0.2) is 6.29 Å². The van der Waals surface area contributed by atoms with E-state index >= 15 is 0 Å². The van der Waals surface area contributed by atoms with E-state index in [1.54, 1.807) is 11.1 Å². The predicted molar refractivity (Wildman–Crippen MR) is 101 cm³/mol. The van der Waals surface area contributed by atoms with Crippen molar-refractivity contribution in [3.05, 3.63) is 11.1 Å². The van der Waals surface area contributed by atoms with Crippen LogP contribution in [-0.2, 0) is 9.47 Å². The second kappa shape index (κ2) is 7.32. The average molecular weight is 348 g/mol. The highest BCUT2D eigenvalue weighted by atomic mass is 16.7. The first kappa shape index (κ1) is 18.0. The van der Waals surface area contributed by atoms with E-state index in [2.05, 4.69) is 25.7 Å². The molecular formula is C22H37NO2. The van der Waals surface area contributed by atoms with Crippen LogP contribution in [0.5, 0.6) is 0 Å². The molecule has 2 fully saturated rings. The molecule has 2 saturated heterocycles. The second-order valence-corrected chi connectivity index (χ2v) is 9.69. The minimum absolute atomic E-state index is 0.0246. The molecule has 4 aliphatic rings. The number of nitrogens with zero attached hydrogens (tertiary/aromatic N) is 1. The largest absolute Gasteiger partial charge is 0.350 e. The van der Waals surface area contributed by atoms with Crippen LogP contribution in [0.4, 0.5) is 0 Å². The third-order valence-corrected chi connectivity index (χ3v) is 7.30. The Morgan fingerprint density at radius 3 is 2.68 bits per heavy atom. The zero-order chi connectivity index (χ0) is 17.4. The van der Waals surface area contributed by atoms with Crippen molar-refractivity contribution in [2.24, 2.45) is 17.3 Å². The highest BCUT2D eigenvalue weighted by Gasteiger charge is 2.42. The second-order valence-electron chi connectivity index (χ2n) is 9.69. The lowest BCUT2D eigenvalue weighted by atomic mass is 9.63. The van der Waals surface area contributed by atoms with E-state index < -0.39 is 0 Å². The molecule has 2 heterocycles. The summed E-state index contributed by atoms with van der Waals surface area (Å²) in [4.78, 5) is 2.58. The summed E-state index contributed by atoms with van der Waals surface area (Å²) in [6.07, 6.45) is 10.9. The zero-order valence-electron chi connectivity index (χ0n) is 16.6. The van der Waals surface area contributed by atoms with E-state index in [4.69, 9.17) is 9.47 Å². The zero-order valence-corrected chi connectivity index (χ0v) is 16.6. The van der Waals surface area contributed by atoms with Crippen molar-refractivity contribution < 1.29 is 9.47 Å². The summed E-state index contributed by atoms with van der Waals surface area (Å²) in [5.41, 5.74) is 3.90. The third-order valence-electron chi connectivity index (χ3n) is 7.30. The van der Waals surface area contributed by atoms with Crippen LogP contribution in [0.2, 0.25) is 0 Å². The van der Waals surface area contributed by atoms with Crippen LogP contribution in [0.3, 0.4) is 0 Å². The molecule has 0 unspecified atom stereocenters. The Bertz CT molecular complexity index is 506. The molecule has 3 nitrogen and oxygen atoms in total. The van der Waals surface area contributed by atoms with E-state index in [1.165, 1.54) is 64.5 Å². The fourth-order valence-corrected chi connectivity index (χ4v) is 5.73. The molecule has 4 atom stereocenters. The molecule has 0 saturated carbocycles. The maximum Gasteiger partial charge on any atom is 0.161 e. The summed E-state index contributed by atoms with van der Waals surface area (Å²) in [6.45, 7) is 11.7. The van der Waals surface area contributed by atoms with E-state index in [1.807, 2.05) is 0 Å². The Morgan fingerprint density at radius 1 is 1.08 bits per heavy atom. The van der Waals surface area contributed by atoms with Gasteiger partial charge >= 0.3 is 0 Å². The summed E-state index contributed by atoms with van der Waals surface area (Å²) in [6, 6.07) is 0. The fourth-order valence-electron chi connectivity index (χ4n) is 5.73. The number of rotatable bonds is 3. The van der Waals surface area contributed by atoms with Crippen molar-refractivity contribution in [3.63, 3.8) is 0 Å². The molecule has 0 amide bonds. The maximum atomic E-state index is 6.44. The Balaban J connectivity index is 1.38. The van der Waals surface area contributed by atoms with Crippen LogP contribution >= 0.6 is 0 Å². The number of likely N-dealkylation sites (tertiary alicyclic amines) is 1. The molecule has 4 rings (SSSR count). The van der Waals surface area contributed by atoms with Gasteiger partial charge in [0.1, 0.15) is 0 Å². The maximum absolute atomic E-state index is 6.44. The molecule has 0 bridgehead atoms. The van der Waals surface area contributed by atoms with Crippen molar-refractivity contribution >= 4 is 0 Å². The van der Waals surface area contributed by atoms with E-state index in [9.17, 15) is 0 Å². The summed E-state index contributed by atoms with van der Waals surface area (Å²) in [7, 11) is 0. The normalized spacial score (nSPS) is 39.5. The van der Waals surface area contributed by atoms with Crippen molar-refractivity contribution in [1.82, 2.24) is 4.90 Å². The summed E-state index contributed by atoms with van der Waals surface area (Å²) < 4.78 is 12.6. The fraction of sp³-hybridized carbons (Fsp3) is 0.909. The summed E-state index contributed by atoms with van der Waals surface area (Å²) in [5, 5.41) is 0. The average Bonchev–Trinajstić information content (AvgIpc) is 3.03. The SMILES string of the molecule is C[C@H]1CC2=C(C[C@@H]1[C@@H]1OC[C@H](CN3CCCCC3)O1)C(C)(C)CCC2. The number of allylic oxidation sites excluding steroid dienone is 2. The van der Waals surface area contributed by atoms with Crippen LogP contribution in [0.25, 0.3) is 0 Å². The first-order valence-electron chi connectivity index (χ1n) is 10.7. The van der Waals surface area contributed by atoms with Gasteiger partial charge in [0.25, 0.3) is 0 Å².